The van der Waals surface area contributed by atoms with Crippen LogP contribution in [0.1, 0.15) is 11.4 Å². The fourth-order valence-corrected chi connectivity index (χ4v) is 6.87. The summed E-state index contributed by atoms with van der Waals surface area (Å²) in [6.07, 6.45) is 0.395. The van der Waals surface area contributed by atoms with Crippen LogP contribution in [-0.2, 0) is 10.0 Å². The molecular formula is C14H16N2O3S3. The number of hydrogen-bond donors (Lipinski definition) is 1. The number of sulfonamides is 1. The van der Waals surface area contributed by atoms with Crippen LogP contribution in [0.15, 0.2) is 21.7 Å². The first-order valence-electron chi connectivity index (χ1n) is 7.15. The summed E-state index contributed by atoms with van der Waals surface area (Å²) in [7, 11) is -3.45. The van der Waals surface area contributed by atoms with E-state index < -0.39 is 10.0 Å². The Morgan fingerprint density at radius 2 is 2.18 bits per heavy atom. The molecule has 1 saturated heterocycles. The fraction of sp³-hybridized carbons (Fsp3) is 0.500. The number of aryl methyl sites for hydroxylation is 1. The van der Waals surface area contributed by atoms with Gasteiger partial charge in [-0.1, -0.05) is 0 Å². The lowest BCUT2D eigenvalue weighted by molar-refractivity contribution is -0.00416. The molecule has 3 atom stereocenters. The maximum atomic E-state index is 12.7. The zero-order valence-corrected chi connectivity index (χ0v) is 14.4. The lowest BCUT2D eigenvalue weighted by atomic mass is 9.74. The number of aliphatic hydroxyl groups is 1. The van der Waals surface area contributed by atoms with Crippen LogP contribution < -0.4 is 0 Å². The summed E-state index contributed by atoms with van der Waals surface area (Å²) in [5.41, 5.74) is 0.839. The van der Waals surface area contributed by atoms with Crippen molar-refractivity contribution >= 4 is 32.7 Å². The highest BCUT2D eigenvalue weighted by atomic mass is 32.2. The Morgan fingerprint density at radius 1 is 1.36 bits per heavy atom. The van der Waals surface area contributed by atoms with Crippen molar-refractivity contribution in [2.45, 2.75) is 23.7 Å². The predicted molar refractivity (Wildman–Crippen MR) is 86.5 cm³/mol. The van der Waals surface area contributed by atoms with Crippen LogP contribution in [0.4, 0.5) is 0 Å². The highest BCUT2D eigenvalue weighted by Gasteiger charge is 2.49. The minimum Gasteiger partial charge on any atom is -0.393 e. The van der Waals surface area contributed by atoms with Gasteiger partial charge in [-0.2, -0.15) is 4.31 Å². The van der Waals surface area contributed by atoms with Crippen molar-refractivity contribution in [3.05, 3.63) is 22.5 Å². The van der Waals surface area contributed by atoms with Gasteiger partial charge >= 0.3 is 0 Å². The molecule has 0 unspecified atom stereocenters. The van der Waals surface area contributed by atoms with Crippen molar-refractivity contribution < 1.29 is 13.5 Å². The van der Waals surface area contributed by atoms with E-state index in [1.54, 1.807) is 17.4 Å². The minimum absolute atomic E-state index is 0.121. The molecule has 2 aliphatic rings. The van der Waals surface area contributed by atoms with Gasteiger partial charge in [-0.25, -0.2) is 13.4 Å². The SMILES string of the molecule is Cc1nc(-c2ccc(S(=O)(=O)N3C[C@H]4C[C@@H](O)[C@H]4C3)s2)cs1. The lowest BCUT2D eigenvalue weighted by Gasteiger charge is -2.34. The van der Waals surface area contributed by atoms with E-state index in [2.05, 4.69) is 4.98 Å². The summed E-state index contributed by atoms with van der Waals surface area (Å²) in [6, 6.07) is 3.49. The van der Waals surface area contributed by atoms with E-state index in [4.69, 9.17) is 0 Å². The molecule has 2 fully saturated rings. The number of thiophene rings is 1. The molecule has 1 saturated carbocycles. The molecule has 118 valence electrons. The largest absolute Gasteiger partial charge is 0.393 e. The Balaban J connectivity index is 1.60. The van der Waals surface area contributed by atoms with E-state index in [0.29, 0.717) is 23.2 Å². The summed E-state index contributed by atoms with van der Waals surface area (Å²) in [6.45, 7) is 2.91. The van der Waals surface area contributed by atoms with Gasteiger partial charge in [0, 0.05) is 24.4 Å². The van der Waals surface area contributed by atoms with Gasteiger partial charge in [-0.3, -0.25) is 0 Å². The van der Waals surface area contributed by atoms with E-state index >= 15 is 0 Å². The molecule has 1 N–H and O–H groups in total. The Morgan fingerprint density at radius 3 is 2.82 bits per heavy atom. The minimum atomic E-state index is -3.45. The van der Waals surface area contributed by atoms with Crippen LogP contribution in [0.5, 0.6) is 0 Å². The maximum Gasteiger partial charge on any atom is 0.252 e. The second-order valence-corrected chi connectivity index (χ2v) is 10.2. The molecule has 3 heterocycles. The second kappa shape index (κ2) is 5.10. The molecule has 8 heteroatoms. The number of thiazole rings is 1. The first kappa shape index (κ1) is 14.8. The van der Waals surface area contributed by atoms with Gasteiger partial charge in [-0.05, 0) is 31.4 Å². The summed E-state index contributed by atoms with van der Waals surface area (Å²) < 4.78 is 27.4. The predicted octanol–water partition coefficient (Wildman–Crippen LogP) is 2.18. The Labute approximate surface area is 137 Å². The van der Waals surface area contributed by atoms with E-state index in [0.717, 1.165) is 22.0 Å². The smallest absolute Gasteiger partial charge is 0.252 e. The molecule has 0 aromatic carbocycles. The average molecular weight is 356 g/mol. The molecule has 2 aromatic rings. The van der Waals surface area contributed by atoms with Crippen molar-refractivity contribution in [2.75, 3.05) is 13.1 Å². The first-order valence-corrected chi connectivity index (χ1v) is 10.3. The number of fused-ring (bicyclic) bond motifs is 1. The molecular weight excluding hydrogens is 340 g/mol. The standard InChI is InChI=1S/C14H16N2O3S3/c1-8-15-11(7-20-8)13-2-3-14(21-13)22(18,19)16-5-9-4-12(17)10(9)6-16/h2-3,7,9-10,12,17H,4-6H2,1H3/t9-,10+,12-/m1/s1. The third-order valence-corrected chi connectivity index (χ3v) is 8.72. The average Bonchev–Trinajstić information content (AvgIpc) is 3.15. The normalized spacial score (nSPS) is 28.5. The van der Waals surface area contributed by atoms with Crippen LogP contribution in [0.3, 0.4) is 0 Å². The van der Waals surface area contributed by atoms with Gasteiger partial charge < -0.3 is 5.11 Å². The molecule has 0 spiro atoms. The van der Waals surface area contributed by atoms with Gasteiger partial charge in [0.25, 0.3) is 10.0 Å². The molecule has 0 bridgehead atoms. The van der Waals surface area contributed by atoms with E-state index in [1.165, 1.54) is 15.6 Å². The molecule has 0 amide bonds. The van der Waals surface area contributed by atoms with Crippen LogP contribution >= 0.6 is 22.7 Å². The molecule has 4 rings (SSSR count). The summed E-state index contributed by atoms with van der Waals surface area (Å²) in [5, 5.41) is 12.6. The summed E-state index contributed by atoms with van der Waals surface area (Å²) in [5.74, 6) is 0.445. The van der Waals surface area contributed by atoms with E-state index in [1.807, 2.05) is 18.4 Å². The maximum absolute atomic E-state index is 12.7. The highest BCUT2D eigenvalue weighted by molar-refractivity contribution is 7.91. The van der Waals surface area contributed by atoms with Gasteiger partial charge in [-0.15, -0.1) is 22.7 Å². The number of nitrogens with zero attached hydrogens (tertiary/aromatic N) is 2. The van der Waals surface area contributed by atoms with Gasteiger partial charge in [0.1, 0.15) is 4.21 Å². The fourth-order valence-electron chi connectivity index (χ4n) is 3.23. The van der Waals surface area contributed by atoms with Gasteiger partial charge in [0.05, 0.1) is 21.7 Å². The number of hydrogen-bond acceptors (Lipinski definition) is 6. The Hall–Kier alpha value is -0.800. The molecule has 1 aliphatic carbocycles. The highest BCUT2D eigenvalue weighted by Crippen LogP contribution is 2.43. The van der Waals surface area contributed by atoms with Crippen molar-refractivity contribution in [1.29, 1.82) is 0 Å². The number of aliphatic hydroxyl groups excluding tert-OH is 1. The summed E-state index contributed by atoms with van der Waals surface area (Å²) >= 11 is 2.83. The Kier molecular flexibility index (Phi) is 3.43. The van der Waals surface area contributed by atoms with Gasteiger partial charge in [0.15, 0.2) is 0 Å². The van der Waals surface area contributed by atoms with Crippen molar-refractivity contribution in [3.63, 3.8) is 0 Å². The zero-order chi connectivity index (χ0) is 15.5. The van der Waals surface area contributed by atoms with Crippen LogP contribution in [-0.4, -0.2) is 42.0 Å². The molecule has 1 aliphatic heterocycles. The monoisotopic (exact) mass is 356 g/mol. The topological polar surface area (TPSA) is 70.5 Å². The van der Waals surface area contributed by atoms with E-state index in [-0.39, 0.29) is 12.0 Å². The van der Waals surface area contributed by atoms with E-state index in [9.17, 15) is 13.5 Å². The first-order chi connectivity index (χ1) is 10.4. The molecule has 5 nitrogen and oxygen atoms in total. The molecule has 2 aromatic heterocycles. The van der Waals surface area contributed by atoms with Crippen molar-refractivity contribution in [2.24, 2.45) is 11.8 Å². The Bertz CT molecular complexity index is 811. The van der Waals surface area contributed by atoms with Gasteiger partial charge in [0.2, 0.25) is 0 Å². The van der Waals surface area contributed by atoms with Crippen LogP contribution in [0.2, 0.25) is 0 Å². The summed E-state index contributed by atoms with van der Waals surface area (Å²) in [4.78, 5) is 5.29. The van der Waals surface area contributed by atoms with Crippen molar-refractivity contribution in [3.8, 4) is 10.6 Å². The van der Waals surface area contributed by atoms with Crippen LogP contribution in [0.25, 0.3) is 10.6 Å². The molecule has 0 radical (unpaired) electrons. The zero-order valence-electron chi connectivity index (χ0n) is 12.0. The van der Waals surface area contributed by atoms with Crippen LogP contribution in [0, 0.1) is 18.8 Å². The second-order valence-electron chi connectivity index (χ2n) is 5.92. The third kappa shape index (κ3) is 2.25. The van der Waals surface area contributed by atoms with Crippen molar-refractivity contribution in [1.82, 2.24) is 9.29 Å². The quantitative estimate of drug-likeness (QED) is 0.915. The lowest BCUT2D eigenvalue weighted by Crippen LogP contribution is -2.39. The number of aromatic nitrogens is 1. The third-order valence-electron chi connectivity index (χ3n) is 4.54. The molecule has 22 heavy (non-hydrogen) atoms. The number of rotatable bonds is 3.